The average Bonchev–Trinajstić information content (AvgIpc) is 2.28. The van der Waals surface area contributed by atoms with E-state index in [0.717, 1.165) is 6.07 Å². The Hall–Kier alpha value is -2.06. The first-order valence-electron chi connectivity index (χ1n) is 4.66. The van der Waals surface area contributed by atoms with Gasteiger partial charge in [-0.15, -0.1) is 6.42 Å². The SMILES string of the molecule is C#CC(C)NC(=O)c1cc([N+](=O)[O-])ccc1Cl. The fraction of sp³-hybridized carbons (Fsp3) is 0.182. The molecular weight excluding hydrogens is 244 g/mol. The molecular formula is C11H9ClN2O3. The Balaban J connectivity index is 3.05. The molecule has 1 amide bonds. The molecule has 0 saturated heterocycles. The zero-order chi connectivity index (χ0) is 13.0. The number of nitrogens with one attached hydrogen (secondary N) is 1. The molecule has 0 saturated carbocycles. The number of carbonyl (C=O) groups is 1. The van der Waals surface area contributed by atoms with Crippen LogP contribution in [0, 0.1) is 22.5 Å². The Morgan fingerprint density at radius 3 is 2.82 bits per heavy atom. The number of carbonyl (C=O) groups excluding carboxylic acids is 1. The molecule has 0 bridgehead atoms. The first kappa shape index (κ1) is 13.0. The summed E-state index contributed by atoms with van der Waals surface area (Å²) in [5.41, 5.74) is -0.170. The van der Waals surface area contributed by atoms with Gasteiger partial charge < -0.3 is 5.32 Å². The van der Waals surface area contributed by atoms with Gasteiger partial charge in [-0.1, -0.05) is 17.5 Å². The molecule has 0 spiro atoms. The van der Waals surface area contributed by atoms with Gasteiger partial charge >= 0.3 is 0 Å². The normalized spacial score (nSPS) is 11.4. The highest BCUT2D eigenvalue weighted by atomic mass is 35.5. The summed E-state index contributed by atoms with van der Waals surface area (Å²) in [5, 5.41) is 13.2. The van der Waals surface area contributed by atoms with Crippen molar-refractivity contribution in [1.82, 2.24) is 5.32 Å². The van der Waals surface area contributed by atoms with Gasteiger partial charge in [0.15, 0.2) is 0 Å². The van der Waals surface area contributed by atoms with Crippen LogP contribution in [0.25, 0.3) is 0 Å². The van der Waals surface area contributed by atoms with Crippen LogP contribution in [0.5, 0.6) is 0 Å². The number of hydrogen-bond acceptors (Lipinski definition) is 3. The quantitative estimate of drug-likeness (QED) is 0.508. The van der Waals surface area contributed by atoms with Crippen molar-refractivity contribution in [3.05, 3.63) is 38.9 Å². The van der Waals surface area contributed by atoms with Gasteiger partial charge in [-0.2, -0.15) is 0 Å². The summed E-state index contributed by atoms with van der Waals surface area (Å²) in [4.78, 5) is 21.7. The van der Waals surface area contributed by atoms with Crippen LogP contribution in [0.3, 0.4) is 0 Å². The molecule has 0 radical (unpaired) electrons. The van der Waals surface area contributed by atoms with E-state index in [9.17, 15) is 14.9 Å². The molecule has 6 heteroatoms. The lowest BCUT2D eigenvalue weighted by molar-refractivity contribution is -0.384. The van der Waals surface area contributed by atoms with Gasteiger partial charge in [-0.05, 0) is 13.0 Å². The van der Waals surface area contributed by atoms with Crippen LogP contribution in [0.4, 0.5) is 5.69 Å². The number of non-ortho nitro benzene ring substituents is 1. The van der Waals surface area contributed by atoms with Crippen molar-refractivity contribution in [3.63, 3.8) is 0 Å². The van der Waals surface area contributed by atoms with Crippen molar-refractivity contribution in [2.45, 2.75) is 13.0 Å². The van der Waals surface area contributed by atoms with Gasteiger partial charge in [-0.3, -0.25) is 14.9 Å². The van der Waals surface area contributed by atoms with Gasteiger partial charge in [0.1, 0.15) is 0 Å². The highest BCUT2D eigenvalue weighted by Crippen LogP contribution is 2.21. The van der Waals surface area contributed by atoms with Gasteiger partial charge in [0.2, 0.25) is 0 Å². The zero-order valence-electron chi connectivity index (χ0n) is 8.94. The Kier molecular flexibility index (Phi) is 4.07. The first-order chi connectivity index (χ1) is 7.95. The van der Waals surface area contributed by atoms with Crippen LogP contribution in [-0.2, 0) is 0 Å². The summed E-state index contributed by atoms with van der Waals surface area (Å²) in [6.07, 6.45) is 5.11. The van der Waals surface area contributed by atoms with E-state index in [4.69, 9.17) is 18.0 Å². The molecule has 88 valence electrons. The molecule has 0 aliphatic carbocycles. The molecule has 1 atom stereocenters. The van der Waals surface area contributed by atoms with E-state index in [2.05, 4.69) is 11.2 Å². The van der Waals surface area contributed by atoms with E-state index in [1.807, 2.05) is 0 Å². The maximum absolute atomic E-state index is 11.7. The second-order valence-corrected chi connectivity index (χ2v) is 3.69. The van der Waals surface area contributed by atoms with Gasteiger partial charge in [-0.25, -0.2) is 0 Å². The Labute approximate surface area is 103 Å². The molecule has 1 aromatic rings. The predicted molar refractivity (Wildman–Crippen MR) is 63.9 cm³/mol. The van der Waals surface area contributed by atoms with Crippen molar-refractivity contribution < 1.29 is 9.72 Å². The monoisotopic (exact) mass is 252 g/mol. The standard InChI is InChI=1S/C11H9ClN2O3/c1-3-7(2)13-11(15)9-6-8(14(16)17)4-5-10(9)12/h1,4-7H,2H3,(H,13,15). The summed E-state index contributed by atoms with van der Waals surface area (Å²) in [6, 6.07) is 3.16. The van der Waals surface area contributed by atoms with E-state index >= 15 is 0 Å². The number of nitro groups is 1. The number of nitro benzene ring substituents is 1. The molecule has 1 unspecified atom stereocenters. The minimum Gasteiger partial charge on any atom is -0.339 e. The summed E-state index contributed by atoms with van der Waals surface area (Å²) < 4.78 is 0. The van der Waals surface area contributed by atoms with Gasteiger partial charge in [0.25, 0.3) is 11.6 Å². The lowest BCUT2D eigenvalue weighted by Gasteiger charge is -2.08. The summed E-state index contributed by atoms with van der Waals surface area (Å²) in [5.74, 6) is 1.78. The maximum Gasteiger partial charge on any atom is 0.270 e. The minimum atomic E-state index is -0.599. The van der Waals surface area contributed by atoms with Crippen LogP contribution >= 0.6 is 11.6 Å². The number of benzene rings is 1. The molecule has 5 nitrogen and oxygen atoms in total. The van der Waals surface area contributed by atoms with Crippen LogP contribution in [-0.4, -0.2) is 16.9 Å². The third kappa shape index (κ3) is 3.20. The fourth-order valence-corrected chi connectivity index (χ4v) is 1.32. The highest BCUT2D eigenvalue weighted by molar-refractivity contribution is 6.33. The molecule has 0 aromatic heterocycles. The molecule has 1 N–H and O–H groups in total. The fourth-order valence-electron chi connectivity index (χ4n) is 1.12. The second-order valence-electron chi connectivity index (χ2n) is 3.28. The van der Waals surface area contributed by atoms with Crippen LogP contribution < -0.4 is 5.32 Å². The highest BCUT2D eigenvalue weighted by Gasteiger charge is 2.16. The molecule has 0 aliphatic heterocycles. The smallest absolute Gasteiger partial charge is 0.270 e. The number of nitrogens with zero attached hydrogens (tertiary/aromatic N) is 1. The molecule has 0 heterocycles. The molecule has 0 aliphatic rings. The van der Waals surface area contributed by atoms with Crippen LogP contribution in [0.2, 0.25) is 5.02 Å². The zero-order valence-corrected chi connectivity index (χ0v) is 9.69. The topological polar surface area (TPSA) is 72.2 Å². The molecule has 17 heavy (non-hydrogen) atoms. The minimum absolute atomic E-state index is 0.0305. The molecule has 1 rings (SSSR count). The number of terminal acetylenes is 1. The van der Waals surface area contributed by atoms with Gasteiger partial charge in [0, 0.05) is 12.1 Å². The third-order valence-corrected chi connectivity index (χ3v) is 2.33. The summed E-state index contributed by atoms with van der Waals surface area (Å²) >= 11 is 5.79. The largest absolute Gasteiger partial charge is 0.339 e. The van der Waals surface area contributed by atoms with Crippen LogP contribution in [0.1, 0.15) is 17.3 Å². The maximum atomic E-state index is 11.7. The van der Waals surface area contributed by atoms with Crippen molar-refractivity contribution in [2.24, 2.45) is 0 Å². The van der Waals surface area contributed by atoms with E-state index in [1.165, 1.54) is 12.1 Å². The number of rotatable bonds is 3. The molecule has 0 fully saturated rings. The predicted octanol–water partition coefficient (Wildman–Crippen LogP) is 2.00. The lowest BCUT2D eigenvalue weighted by atomic mass is 10.1. The van der Waals surface area contributed by atoms with Crippen LogP contribution in [0.15, 0.2) is 18.2 Å². The lowest BCUT2D eigenvalue weighted by Crippen LogP contribution is -2.31. The second kappa shape index (κ2) is 5.32. The average molecular weight is 253 g/mol. The van der Waals surface area contributed by atoms with Crippen molar-refractivity contribution in [3.8, 4) is 12.3 Å². The van der Waals surface area contributed by atoms with E-state index in [0.29, 0.717) is 0 Å². The van der Waals surface area contributed by atoms with E-state index in [-0.39, 0.29) is 16.3 Å². The van der Waals surface area contributed by atoms with Gasteiger partial charge in [0.05, 0.1) is 21.6 Å². The Bertz CT molecular complexity index is 508. The summed E-state index contributed by atoms with van der Waals surface area (Å²) in [7, 11) is 0. The van der Waals surface area contributed by atoms with Crippen molar-refractivity contribution >= 4 is 23.2 Å². The Morgan fingerprint density at radius 1 is 1.65 bits per heavy atom. The Morgan fingerprint density at radius 2 is 2.29 bits per heavy atom. The number of halogens is 1. The number of hydrogen-bond donors (Lipinski definition) is 1. The van der Waals surface area contributed by atoms with E-state index in [1.54, 1.807) is 6.92 Å². The molecule has 1 aromatic carbocycles. The van der Waals surface area contributed by atoms with Crippen molar-refractivity contribution in [1.29, 1.82) is 0 Å². The van der Waals surface area contributed by atoms with Crippen molar-refractivity contribution in [2.75, 3.05) is 0 Å². The summed E-state index contributed by atoms with van der Waals surface area (Å²) in [6.45, 7) is 1.61. The third-order valence-electron chi connectivity index (χ3n) is 2.00. The number of amides is 1. The van der Waals surface area contributed by atoms with E-state index < -0.39 is 16.9 Å². The first-order valence-corrected chi connectivity index (χ1v) is 5.04.